The van der Waals surface area contributed by atoms with Crippen LogP contribution in [0.5, 0.6) is 17.2 Å². The van der Waals surface area contributed by atoms with Crippen LogP contribution in [-0.2, 0) is 5.41 Å². The van der Waals surface area contributed by atoms with Crippen molar-refractivity contribution >= 4 is 29.1 Å². The van der Waals surface area contributed by atoms with Crippen LogP contribution in [0.25, 0.3) is 0 Å². The fourth-order valence-electron chi connectivity index (χ4n) is 4.32. The molecule has 0 aliphatic carbocycles. The highest BCUT2D eigenvalue weighted by Crippen LogP contribution is 2.41. The van der Waals surface area contributed by atoms with Gasteiger partial charge in [-0.1, -0.05) is 29.3 Å². The van der Waals surface area contributed by atoms with Crippen LogP contribution in [0.2, 0.25) is 10.0 Å². The number of benzene rings is 2. The van der Waals surface area contributed by atoms with Gasteiger partial charge in [-0.25, -0.2) is 0 Å². The molecule has 0 saturated carbocycles. The van der Waals surface area contributed by atoms with E-state index in [1.807, 2.05) is 17.0 Å². The van der Waals surface area contributed by atoms with Crippen LogP contribution in [-0.4, -0.2) is 56.9 Å². The van der Waals surface area contributed by atoms with Crippen molar-refractivity contribution < 1.29 is 24.1 Å². The van der Waals surface area contributed by atoms with Crippen LogP contribution in [0.15, 0.2) is 30.3 Å². The summed E-state index contributed by atoms with van der Waals surface area (Å²) in [6, 6.07) is 8.85. The van der Waals surface area contributed by atoms with Crippen molar-refractivity contribution in [3.05, 3.63) is 51.5 Å². The molecule has 2 aromatic carbocycles. The van der Waals surface area contributed by atoms with E-state index in [0.717, 1.165) is 18.4 Å². The first-order chi connectivity index (χ1) is 14.9. The lowest BCUT2D eigenvalue weighted by Gasteiger charge is -2.43. The molecule has 1 fully saturated rings. The molecule has 0 aromatic heterocycles. The van der Waals surface area contributed by atoms with Gasteiger partial charge in [0.2, 0.25) is 5.75 Å². The van der Waals surface area contributed by atoms with E-state index in [2.05, 4.69) is 0 Å². The van der Waals surface area contributed by atoms with Crippen LogP contribution in [0.4, 0.5) is 0 Å². The minimum absolute atomic E-state index is 0.00641. The standard InChI is InChI=1S/C23H27Cl2NO5/c1-29-19-11-15(12-20(30-2)21(19)31-3)22(28)26-9-4-7-23(14-26,8-10-27)16-5-6-17(24)18(25)13-16/h5-6,11-13,27H,4,7-10,14H2,1-3H3. The molecule has 6 nitrogen and oxygen atoms in total. The molecule has 0 bridgehead atoms. The first-order valence-electron chi connectivity index (χ1n) is 10.0. The molecule has 168 valence electrons. The number of hydrogen-bond donors (Lipinski definition) is 1. The number of aliphatic hydroxyl groups is 1. The van der Waals surface area contributed by atoms with Gasteiger partial charge in [-0.3, -0.25) is 4.79 Å². The number of aliphatic hydroxyl groups excluding tert-OH is 1. The summed E-state index contributed by atoms with van der Waals surface area (Å²) in [5.41, 5.74) is 1.01. The molecule has 2 aromatic rings. The van der Waals surface area contributed by atoms with Gasteiger partial charge in [0, 0.05) is 30.7 Å². The molecular weight excluding hydrogens is 441 g/mol. The highest BCUT2D eigenvalue weighted by molar-refractivity contribution is 6.42. The van der Waals surface area contributed by atoms with Crippen LogP contribution in [0.1, 0.15) is 35.2 Å². The number of carbonyl (C=O) groups is 1. The number of ether oxygens (including phenoxy) is 3. The van der Waals surface area contributed by atoms with Gasteiger partial charge in [0.25, 0.3) is 5.91 Å². The molecule has 31 heavy (non-hydrogen) atoms. The van der Waals surface area contributed by atoms with E-state index in [9.17, 15) is 9.90 Å². The maximum atomic E-state index is 13.4. The van der Waals surface area contributed by atoms with Crippen molar-refractivity contribution in [2.75, 3.05) is 41.0 Å². The lowest BCUT2D eigenvalue weighted by Crippen LogP contribution is -2.49. The third-order valence-electron chi connectivity index (χ3n) is 5.90. The number of methoxy groups -OCH3 is 3. The molecule has 1 amide bonds. The van der Waals surface area contributed by atoms with Gasteiger partial charge >= 0.3 is 0 Å². The summed E-state index contributed by atoms with van der Waals surface area (Å²) < 4.78 is 16.1. The summed E-state index contributed by atoms with van der Waals surface area (Å²) in [5, 5.41) is 10.7. The molecule has 1 aliphatic heterocycles. The predicted molar refractivity (Wildman–Crippen MR) is 121 cm³/mol. The SMILES string of the molecule is COc1cc(C(=O)N2CCCC(CCO)(c3ccc(Cl)c(Cl)c3)C2)cc(OC)c1OC. The van der Waals surface area contributed by atoms with Crippen molar-refractivity contribution in [3.63, 3.8) is 0 Å². The van der Waals surface area contributed by atoms with Gasteiger partial charge in [-0.2, -0.15) is 0 Å². The highest BCUT2D eigenvalue weighted by atomic mass is 35.5. The Kier molecular flexibility index (Phi) is 7.57. The minimum atomic E-state index is -0.405. The number of amides is 1. The Bertz CT molecular complexity index is 923. The lowest BCUT2D eigenvalue weighted by molar-refractivity contribution is 0.0602. The summed E-state index contributed by atoms with van der Waals surface area (Å²) in [6.07, 6.45) is 2.16. The van der Waals surface area contributed by atoms with Crippen LogP contribution in [0.3, 0.4) is 0 Å². The van der Waals surface area contributed by atoms with Gasteiger partial charge in [-0.05, 0) is 49.1 Å². The second-order valence-electron chi connectivity index (χ2n) is 7.63. The van der Waals surface area contributed by atoms with E-state index in [0.29, 0.717) is 52.4 Å². The summed E-state index contributed by atoms with van der Waals surface area (Å²) in [7, 11) is 4.55. The summed E-state index contributed by atoms with van der Waals surface area (Å²) in [6.45, 7) is 1.08. The van der Waals surface area contributed by atoms with E-state index >= 15 is 0 Å². The molecule has 1 saturated heterocycles. The number of rotatable bonds is 7. The smallest absolute Gasteiger partial charge is 0.254 e. The van der Waals surface area contributed by atoms with E-state index in [1.165, 1.54) is 21.3 Å². The number of carbonyl (C=O) groups excluding carboxylic acids is 1. The molecule has 3 rings (SSSR count). The largest absolute Gasteiger partial charge is 0.493 e. The van der Waals surface area contributed by atoms with Gasteiger partial charge in [0.05, 0.1) is 31.4 Å². The molecule has 1 atom stereocenters. The van der Waals surface area contributed by atoms with Crippen molar-refractivity contribution in [2.45, 2.75) is 24.7 Å². The topological polar surface area (TPSA) is 68.2 Å². The van der Waals surface area contributed by atoms with Crippen LogP contribution < -0.4 is 14.2 Å². The molecule has 1 N–H and O–H groups in total. The first kappa shape index (κ1) is 23.5. The lowest BCUT2D eigenvalue weighted by atomic mass is 9.71. The van der Waals surface area contributed by atoms with E-state index in [4.69, 9.17) is 37.4 Å². The Hall–Kier alpha value is -2.15. The average molecular weight is 468 g/mol. The van der Waals surface area contributed by atoms with Crippen LogP contribution >= 0.6 is 23.2 Å². The number of halogens is 2. The third-order valence-corrected chi connectivity index (χ3v) is 6.64. The quantitative estimate of drug-likeness (QED) is 0.645. The summed E-state index contributed by atoms with van der Waals surface area (Å²) in [5.74, 6) is 1.15. The zero-order chi connectivity index (χ0) is 22.6. The van der Waals surface area contributed by atoms with Crippen molar-refractivity contribution in [1.29, 1.82) is 0 Å². The average Bonchev–Trinajstić information content (AvgIpc) is 2.79. The Morgan fingerprint density at radius 3 is 2.29 bits per heavy atom. The van der Waals surface area contributed by atoms with Gasteiger partial charge < -0.3 is 24.2 Å². The highest BCUT2D eigenvalue weighted by Gasteiger charge is 2.39. The zero-order valence-corrected chi connectivity index (χ0v) is 19.4. The van der Waals surface area contributed by atoms with Crippen molar-refractivity contribution in [3.8, 4) is 17.2 Å². The maximum Gasteiger partial charge on any atom is 0.254 e. The predicted octanol–water partition coefficient (Wildman–Crippen LogP) is 4.58. The molecule has 1 aliphatic rings. The molecule has 8 heteroatoms. The molecule has 0 radical (unpaired) electrons. The maximum absolute atomic E-state index is 13.4. The number of likely N-dealkylation sites (tertiary alicyclic amines) is 1. The van der Waals surface area contributed by atoms with Gasteiger partial charge in [0.15, 0.2) is 11.5 Å². The van der Waals surface area contributed by atoms with Crippen LogP contribution in [0, 0.1) is 0 Å². The fraction of sp³-hybridized carbons (Fsp3) is 0.435. The van der Waals surface area contributed by atoms with E-state index in [-0.39, 0.29) is 12.5 Å². The zero-order valence-electron chi connectivity index (χ0n) is 17.9. The first-order valence-corrected chi connectivity index (χ1v) is 10.8. The Morgan fingerprint density at radius 2 is 1.74 bits per heavy atom. The third kappa shape index (κ3) is 4.71. The normalized spacial score (nSPS) is 18.6. The fourth-order valence-corrected chi connectivity index (χ4v) is 4.61. The molecule has 1 unspecified atom stereocenters. The second-order valence-corrected chi connectivity index (χ2v) is 8.44. The molecule has 0 spiro atoms. The Balaban J connectivity index is 1.96. The summed E-state index contributed by atoms with van der Waals surface area (Å²) >= 11 is 12.4. The number of piperidine rings is 1. The molecular formula is C23H27Cl2NO5. The summed E-state index contributed by atoms with van der Waals surface area (Å²) in [4.78, 5) is 15.3. The Morgan fingerprint density at radius 1 is 1.06 bits per heavy atom. The Labute approximate surface area is 192 Å². The minimum Gasteiger partial charge on any atom is -0.493 e. The van der Waals surface area contributed by atoms with E-state index < -0.39 is 5.41 Å². The number of nitrogens with zero attached hydrogens (tertiary/aromatic N) is 1. The second kappa shape index (κ2) is 9.98. The molecule has 1 heterocycles. The van der Waals surface area contributed by atoms with Crippen molar-refractivity contribution in [1.82, 2.24) is 4.90 Å². The van der Waals surface area contributed by atoms with Gasteiger partial charge in [-0.15, -0.1) is 0 Å². The number of hydrogen-bond acceptors (Lipinski definition) is 5. The van der Waals surface area contributed by atoms with Crippen molar-refractivity contribution in [2.24, 2.45) is 0 Å². The van der Waals surface area contributed by atoms with Gasteiger partial charge in [0.1, 0.15) is 0 Å². The monoisotopic (exact) mass is 467 g/mol. The van der Waals surface area contributed by atoms with E-state index in [1.54, 1.807) is 18.2 Å².